The second-order valence-corrected chi connectivity index (χ2v) is 3.00. The fourth-order valence-corrected chi connectivity index (χ4v) is 1.81. The highest BCUT2D eigenvalue weighted by molar-refractivity contribution is 5.11. The van der Waals surface area contributed by atoms with E-state index in [9.17, 15) is 0 Å². The molecule has 0 atom stereocenters. The highest BCUT2D eigenvalue weighted by Crippen LogP contribution is 2.43. The van der Waals surface area contributed by atoms with Crippen molar-refractivity contribution in [3.63, 3.8) is 0 Å². The molecule has 8 heavy (non-hydrogen) atoms. The van der Waals surface area contributed by atoms with Crippen LogP contribution in [0.2, 0.25) is 0 Å². The summed E-state index contributed by atoms with van der Waals surface area (Å²) in [6, 6.07) is 0. The third-order valence-corrected chi connectivity index (χ3v) is 2.50. The maximum atomic E-state index is 1.85. The van der Waals surface area contributed by atoms with E-state index in [0.717, 1.165) is 0 Å². The zero-order valence-electron chi connectivity index (χ0n) is 5.24. The molecule has 0 N–H and O–H groups in total. The van der Waals surface area contributed by atoms with Crippen LogP contribution in [0.5, 0.6) is 0 Å². The first kappa shape index (κ1) is 4.84. The highest BCUT2D eigenvalue weighted by Gasteiger charge is 2.27. The van der Waals surface area contributed by atoms with Crippen LogP contribution >= 0.6 is 0 Å². The van der Waals surface area contributed by atoms with Gasteiger partial charge in [0.15, 0.2) is 0 Å². The van der Waals surface area contributed by atoms with E-state index in [2.05, 4.69) is 0 Å². The average molecular weight is 108 g/mol. The Hall–Kier alpha value is 0. The molecule has 0 aromatic carbocycles. The van der Waals surface area contributed by atoms with Gasteiger partial charge < -0.3 is 0 Å². The Kier molecular flexibility index (Phi) is 1.06. The van der Waals surface area contributed by atoms with Crippen LogP contribution in [0.15, 0.2) is 0 Å². The van der Waals surface area contributed by atoms with Crippen molar-refractivity contribution in [2.45, 2.75) is 38.5 Å². The van der Waals surface area contributed by atoms with Crippen LogP contribution in [0.4, 0.5) is 0 Å². The Morgan fingerprint density at radius 2 is 0.750 bits per heavy atom. The second-order valence-electron chi connectivity index (χ2n) is 3.00. The third kappa shape index (κ3) is 0.667. The van der Waals surface area contributed by atoms with Gasteiger partial charge >= 0.3 is 0 Å². The molecule has 0 saturated heterocycles. The summed E-state index contributed by atoms with van der Waals surface area (Å²) in [6.07, 6.45) is 8.64. The fourth-order valence-electron chi connectivity index (χ4n) is 1.81. The van der Waals surface area contributed by atoms with Gasteiger partial charge in [0.05, 0.1) is 0 Å². The van der Waals surface area contributed by atoms with Gasteiger partial charge in [-0.1, -0.05) is 0 Å². The first-order valence-electron chi connectivity index (χ1n) is 3.62. The number of hydrogen-bond donors (Lipinski definition) is 0. The summed E-state index contributed by atoms with van der Waals surface area (Å²) in [4.78, 5) is 0. The number of hydrogen-bond acceptors (Lipinski definition) is 0. The van der Waals surface area contributed by atoms with Crippen molar-refractivity contribution >= 4 is 0 Å². The zero-order valence-corrected chi connectivity index (χ0v) is 5.24. The predicted molar refractivity (Wildman–Crippen MR) is 34.2 cm³/mol. The van der Waals surface area contributed by atoms with Gasteiger partial charge in [-0.3, -0.25) is 0 Å². The first-order chi connectivity index (χ1) is 3.95. The summed E-state index contributed by atoms with van der Waals surface area (Å²) >= 11 is 0. The van der Waals surface area contributed by atoms with E-state index in [1.54, 1.807) is 0 Å². The Bertz CT molecular complexity index is 55.0. The maximum Gasteiger partial charge on any atom is -0.0240 e. The molecule has 0 aliphatic heterocycles. The molecular formula is C8H12. The minimum Gasteiger partial charge on any atom is -0.0465 e. The Balaban J connectivity index is 2.03. The molecule has 44 valence electrons. The molecular weight excluding hydrogens is 96.1 g/mol. The molecule has 0 spiro atoms. The molecule has 3 rings (SSSR count). The molecule has 3 fully saturated rings. The van der Waals surface area contributed by atoms with E-state index in [4.69, 9.17) is 0 Å². The summed E-state index contributed by atoms with van der Waals surface area (Å²) in [5, 5.41) is 0. The average Bonchev–Trinajstić information content (AvgIpc) is 1.92. The van der Waals surface area contributed by atoms with Crippen molar-refractivity contribution in [1.29, 1.82) is 0 Å². The van der Waals surface area contributed by atoms with E-state index < -0.39 is 0 Å². The van der Waals surface area contributed by atoms with Gasteiger partial charge in [0.2, 0.25) is 0 Å². The normalized spacial score (nSPS) is 31.5. The quantitative estimate of drug-likeness (QED) is 0.447. The lowest BCUT2D eigenvalue weighted by molar-refractivity contribution is 0.436. The van der Waals surface area contributed by atoms with Crippen molar-refractivity contribution in [1.82, 2.24) is 0 Å². The van der Waals surface area contributed by atoms with Crippen molar-refractivity contribution in [3.8, 4) is 0 Å². The lowest BCUT2D eigenvalue weighted by Gasteiger charge is -2.34. The summed E-state index contributed by atoms with van der Waals surface area (Å²) < 4.78 is 0. The Labute approximate surface area is 51.3 Å². The van der Waals surface area contributed by atoms with Gasteiger partial charge in [-0.05, 0) is 50.4 Å². The lowest BCUT2D eigenvalue weighted by Crippen LogP contribution is -2.18. The van der Waals surface area contributed by atoms with Gasteiger partial charge in [0.1, 0.15) is 0 Å². The standard InChI is InChI=1S/C8H12/c1-2-8-5-3-7(1)4-6-8/h1-6H2. The van der Waals surface area contributed by atoms with Crippen molar-refractivity contribution < 1.29 is 0 Å². The molecule has 0 aromatic rings. The molecule has 3 aliphatic carbocycles. The minimum atomic E-state index is 1.44. The van der Waals surface area contributed by atoms with E-state index in [1.165, 1.54) is 38.5 Å². The molecule has 0 amide bonds. The molecule has 0 unspecified atom stereocenters. The van der Waals surface area contributed by atoms with E-state index in [-0.39, 0.29) is 0 Å². The molecule has 3 aliphatic rings. The van der Waals surface area contributed by atoms with Gasteiger partial charge in [0, 0.05) is 0 Å². The first-order valence-corrected chi connectivity index (χ1v) is 3.62. The summed E-state index contributed by atoms with van der Waals surface area (Å²) in [6.45, 7) is 0. The summed E-state index contributed by atoms with van der Waals surface area (Å²) in [7, 11) is 0. The van der Waals surface area contributed by atoms with Crippen molar-refractivity contribution in [2.75, 3.05) is 0 Å². The molecule has 3 saturated carbocycles. The van der Waals surface area contributed by atoms with Crippen LogP contribution in [0.25, 0.3) is 0 Å². The van der Waals surface area contributed by atoms with Gasteiger partial charge in [-0.15, -0.1) is 0 Å². The van der Waals surface area contributed by atoms with Crippen LogP contribution in [-0.4, -0.2) is 0 Å². The SMILES string of the molecule is C1C[C]2CC[C]1CC2. The molecule has 2 bridgehead atoms. The predicted octanol–water partition coefficient (Wildman–Crippen LogP) is 2.50. The highest BCUT2D eigenvalue weighted by atomic mass is 14.3. The summed E-state index contributed by atoms with van der Waals surface area (Å²) in [5.41, 5.74) is 0. The van der Waals surface area contributed by atoms with Crippen LogP contribution in [-0.2, 0) is 0 Å². The van der Waals surface area contributed by atoms with Gasteiger partial charge in [-0.25, -0.2) is 0 Å². The van der Waals surface area contributed by atoms with Crippen molar-refractivity contribution in [3.05, 3.63) is 11.8 Å². The lowest BCUT2D eigenvalue weighted by atomic mass is 9.71. The van der Waals surface area contributed by atoms with Crippen LogP contribution in [0.1, 0.15) is 38.5 Å². The van der Waals surface area contributed by atoms with E-state index >= 15 is 0 Å². The van der Waals surface area contributed by atoms with Crippen LogP contribution in [0, 0.1) is 11.8 Å². The molecule has 0 heterocycles. The Morgan fingerprint density at radius 3 is 0.875 bits per heavy atom. The molecule has 2 radical (unpaired) electrons. The van der Waals surface area contributed by atoms with Gasteiger partial charge in [-0.2, -0.15) is 0 Å². The Morgan fingerprint density at radius 1 is 0.500 bits per heavy atom. The van der Waals surface area contributed by atoms with Gasteiger partial charge in [0.25, 0.3) is 0 Å². The smallest absolute Gasteiger partial charge is 0.0240 e. The minimum absolute atomic E-state index is 1.44. The van der Waals surface area contributed by atoms with E-state index in [0.29, 0.717) is 0 Å². The number of rotatable bonds is 0. The third-order valence-electron chi connectivity index (χ3n) is 2.50. The zero-order chi connectivity index (χ0) is 5.40. The fraction of sp³-hybridized carbons (Fsp3) is 0.750. The largest absolute Gasteiger partial charge is 0.0465 e. The molecule has 0 aromatic heterocycles. The molecule has 0 heteroatoms. The molecule has 0 nitrogen and oxygen atoms in total. The monoisotopic (exact) mass is 108 g/mol. The van der Waals surface area contributed by atoms with E-state index in [1.807, 2.05) is 11.8 Å². The number of fused-ring (bicyclic) bond motifs is 3. The topological polar surface area (TPSA) is 0 Å². The van der Waals surface area contributed by atoms with Crippen LogP contribution in [0.3, 0.4) is 0 Å². The second kappa shape index (κ2) is 1.75. The summed E-state index contributed by atoms with van der Waals surface area (Å²) in [5.74, 6) is 3.69. The maximum absolute atomic E-state index is 1.85. The van der Waals surface area contributed by atoms with Crippen molar-refractivity contribution in [2.24, 2.45) is 0 Å². The van der Waals surface area contributed by atoms with Crippen LogP contribution < -0.4 is 0 Å².